The molecule has 100 valence electrons. The molecule has 0 spiro atoms. The molecule has 0 radical (unpaired) electrons. The van der Waals surface area contributed by atoms with Gasteiger partial charge >= 0.3 is 0 Å². The third-order valence-electron chi connectivity index (χ3n) is 2.97. The average Bonchev–Trinajstić information content (AvgIpc) is 2.46. The van der Waals surface area contributed by atoms with E-state index in [4.69, 9.17) is 4.74 Å². The molecule has 4 heteroatoms. The van der Waals surface area contributed by atoms with Crippen LogP contribution in [0.15, 0.2) is 54.7 Å². The van der Waals surface area contributed by atoms with E-state index in [0.717, 1.165) is 17.0 Å². The van der Waals surface area contributed by atoms with E-state index in [1.165, 1.54) is 12.1 Å². The van der Waals surface area contributed by atoms with E-state index in [1.807, 2.05) is 30.3 Å². The molecule has 1 heterocycles. The summed E-state index contributed by atoms with van der Waals surface area (Å²) in [5, 5.41) is 0.949. The Morgan fingerprint density at radius 3 is 2.70 bits per heavy atom. The van der Waals surface area contributed by atoms with Crippen LogP contribution >= 0.6 is 0 Å². The highest BCUT2D eigenvalue weighted by Gasteiger charge is 2.05. The van der Waals surface area contributed by atoms with Gasteiger partial charge in [-0.3, -0.25) is 4.98 Å². The zero-order valence-electron chi connectivity index (χ0n) is 10.5. The first-order valence-corrected chi connectivity index (χ1v) is 6.14. The number of aromatic nitrogens is 1. The summed E-state index contributed by atoms with van der Waals surface area (Å²) in [6, 6.07) is 12.9. The van der Waals surface area contributed by atoms with Gasteiger partial charge in [-0.05, 0) is 24.3 Å². The predicted octanol–water partition coefficient (Wildman–Crippen LogP) is 4.09. The summed E-state index contributed by atoms with van der Waals surface area (Å²) >= 11 is 0. The van der Waals surface area contributed by atoms with Crippen LogP contribution in [0.2, 0.25) is 0 Å². The minimum Gasteiger partial charge on any atom is -0.487 e. The molecule has 0 fully saturated rings. The van der Waals surface area contributed by atoms with Gasteiger partial charge in [-0.1, -0.05) is 18.2 Å². The van der Waals surface area contributed by atoms with Crippen molar-refractivity contribution in [2.75, 3.05) is 0 Å². The Morgan fingerprint density at radius 2 is 1.85 bits per heavy atom. The van der Waals surface area contributed by atoms with Gasteiger partial charge in [-0.2, -0.15) is 0 Å². The highest BCUT2D eigenvalue weighted by atomic mass is 19.1. The van der Waals surface area contributed by atoms with Gasteiger partial charge in [-0.15, -0.1) is 0 Å². The number of nitrogens with zero attached hydrogens (tertiary/aromatic N) is 1. The first-order valence-electron chi connectivity index (χ1n) is 6.14. The van der Waals surface area contributed by atoms with Crippen molar-refractivity contribution >= 4 is 10.9 Å². The Labute approximate surface area is 114 Å². The molecule has 0 N–H and O–H groups in total. The molecule has 0 amide bonds. The lowest BCUT2D eigenvalue weighted by molar-refractivity contribution is 0.299. The van der Waals surface area contributed by atoms with Crippen LogP contribution in [0.5, 0.6) is 5.75 Å². The molecule has 20 heavy (non-hydrogen) atoms. The average molecular weight is 271 g/mol. The second-order valence-electron chi connectivity index (χ2n) is 4.39. The molecule has 0 saturated heterocycles. The molecule has 1 aromatic heterocycles. The largest absolute Gasteiger partial charge is 0.487 e. The van der Waals surface area contributed by atoms with E-state index >= 15 is 0 Å². The SMILES string of the molecule is Fc1ccc(COc2cnc3ccccc3c2)c(F)c1. The number of benzene rings is 2. The number of pyridine rings is 1. The fourth-order valence-corrected chi connectivity index (χ4v) is 1.93. The van der Waals surface area contributed by atoms with Crippen molar-refractivity contribution in [3.8, 4) is 5.75 Å². The third kappa shape index (κ3) is 2.59. The normalized spacial score (nSPS) is 10.7. The van der Waals surface area contributed by atoms with Gasteiger partial charge in [0.05, 0.1) is 11.7 Å². The van der Waals surface area contributed by atoms with Crippen LogP contribution in [-0.4, -0.2) is 4.98 Å². The maximum Gasteiger partial charge on any atom is 0.138 e. The third-order valence-corrected chi connectivity index (χ3v) is 2.97. The number of hydrogen-bond donors (Lipinski definition) is 0. The van der Waals surface area contributed by atoms with Crippen molar-refractivity contribution in [2.45, 2.75) is 6.61 Å². The predicted molar refractivity (Wildman–Crippen MR) is 72.4 cm³/mol. The lowest BCUT2D eigenvalue weighted by atomic mass is 10.2. The van der Waals surface area contributed by atoms with Crippen LogP contribution < -0.4 is 4.74 Å². The van der Waals surface area contributed by atoms with Crippen molar-refractivity contribution in [1.82, 2.24) is 4.98 Å². The van der Waals surface area contributed by atoms with Gasteiger partial charge in [-0.25, -0.2) is 8.78 Å². The van der Waals surface area contributed by atoms with E-state index < -0.39 is 11.6 Å². The summed E-state index contributed by atoms with van der Waals surface area (Å²) in [5.74, 6) is -0.662. The molecule has 0 saturated carbocycles. The molecule has 0 aliphatic rings. The zero-order valence-corrected chi connectivity index (χ0v) is 10.5. The summed E-state index contributed by atoms with van der Waals surface area (Å²) in [6.45, 7) is 0.0339. The Kier molecular flexibility index (Phi) is 3.29. The number of fused-ring (bicyclic) bond motifs is 1. The molecule has 0 atom stereocenters. The highest BCUT2D eigenvalue weighted by molar-refractivity contribution is 5.79. The lowest BCUT2D eigenvalue weighted by Crippen LogP contribution is -1.99. The van der Waals surface area contributed by atoms with Crippen LogP contribution in [0.4, 0.5) is 8.78 Å². The van der Waals surface area contributed by atoms with Gasteiger partial charge in [0.25, 0.3) is 0 Å². The summed E-state index contributed by atoms with van der Waals surface area (Å²) in [6.07, 6.45) is 1.59. The maximum atomic E-state index is 13.5. The van der Waals surface area contributed by atoms with E-state index in [2.05, 4.69) is 4.98 Å². The quantitative estimate of drug-likeness (QED) is 0.715. The Morgan fingerprint density at radius 1 is 1.00 bits per heavy atom. The smallest absolute Gasteiger partial charge is 0.138 e. The van der Waals surface area contributed by atoms with Crippen LogP contribution in [0, 0.1) is 11.6 Å². The topological polar surface area (TPSA) is 22.1 Å². The molecule has 2 nitrogen and oxygen atoms in total. The van der Waals surface area contributed by atoms with Crippen LogP contribution in [0.25, 0.3) is 10.9 Å². The Bertz CT molecular complexity index is 758. The number of halogens is 2. The molecule has 2 aromatic carbocycles. The van der Waals surface area contributed by atoms with Crippen molar-refractivity contribution in [2.24, 2.45) is 0 Å². The molecule has 3 aromatic rings. The summed E-state index contributed by atoms with van der Waals surface area (Å²) in [4.78, 5) is 4.25. The number of para-hydroxylation sites is 1. The van der Waals surface area contributed by atoms with Crippen molar-refractivity contribution in [3.63, 3.8) is 0 Å². The molecule has 3 rings (SSSR count). The molecule has 0 unspecified atom stereocenters. The Hall–Kier alpha value is -2.49. The summed E-state index contributed by atoms with van der Waals surface area (Å²) in [7, 11) is 0. The zero-order chi connectivity index (χ0) is 13.9. The lowest BCUT2D eigenvalue weighted by Gasteiger charge is -2.07. The standard InChI is InChI=1S/C16H11F2NO/c17-13-6-5-12(15(18)8-13)10-20-14-7-11-3-1-2-4-16(11)19-9-14/h1-9H,10H2. The molecule has 0 aliphatic carbocycles. The van der Waals surface area contributed by atoms with E-state index in [1.54, 1.807) is 6.20 Å². The van der Waals surface area contributed by atoms with Gasteiger partial charge < -0.3 is 4.74 Å². The second-order valence-corrected chi connectivity index (χ2v) is 4.39. The number of hydrogen-bond acceptors (Lipinski definition) is 2. The van der Waals surface area contributed by atoms with Gasteiger partial charge in [0, 0.05) is 17.0 Å². The second kappa shape index (κ2) is 5.25. The Balaban J connectivity index is 1.79. The fourth-order valence-electron chi connectivity index (χ4n) is 1.93. The van der Waals surface area contributed by atoms with Crippen LogP contribution in [0.1, 0.15) is 5.56 Å². The van der Waals surface area contributed by atoms with E-state index in [9.17, 15) is 8.78 Å². The first kappa shape index (κ1) is 12.5. The monoisotopic (exact) mass is 271 g/mol. The number of rotatable bonds is 3. The van der Waals surface area contributed by atoms with E-state index in [-0.39, 0.29) is 6.61 Å². The molecular weight excluding hydrogens is 260 g/mol. The summed E-state index contributed by atoms with van der Waals surface area (Å²) < 4.78 is 31.8. The van der Waals surface area contributed by atoms with Crippen LogP contribution in [-0.2, 0) is 6.61 Å². The van der Waals surface area contributed by atoms with Gasteiger partial charge in [0.15, 0.2) is 0 Å². The highest BCUT2D eigenvalue weighted by Crippen LogP contribution is 2.19. The number of ether oxygens (including phenoxy) is 1. The fraction of sp³-hybridized carbons (Fsp3) is 0.0625. The molecular formula is C16H11F2NO. The minimum absolute atomic E-state index is 0.0339. The van der Waals surface area contributed by atoms with Crippen molar-refractivity contribution in [1.29, 1.82) is 0 Å². The van der Waals surface area contributed by atoms with Crippen LogP contribution in [0.3, 0.4) is 0 Å². The molecule has 0 aliphatic heterocycles. The van der Waals surface area contributed by atoms with Gasteiger partial charge in [0.2, 0.25) is 0 Å². The first-order chi connectivity index (χ1) is 9.72. The molecule has 0 bridgehead atoms. The summed E-state index contributed by atoms with van der Waals surface area (Å²) in [5.41, 5.74) is 1.17. The van der Waals surface area contributed by atoms with E-state index in [0.29, 0.717) is 11.3 Å². The van der Waals surface area contributed by atoms with Crippen molar-refractivity contribution < 1.29 is 13.5 Å². The van der Waals surface area contributed by atoms with Crippen molar-refractivity contribution in [3.05, 3.63) is 71.9 Å². The minimum atomic E-state index is -0.612. The van der Waals surface area contributed by atoms with Gasteiger partial charge in [0.1, 0.15) is 24.0 Å². The maximum absolute atomic E-state index is 13.5.